The number of phenols is 1. The van der Waals surface area contributed by atoms with E-state index >= 15 is 14.4 Å². The molecule has 0 aliphatic carbocycles. The van der Waals surface area contributed by atoms with E-state index in [1.807, 2.05) is 13.8 Å². The number of carbonyl (C=O) groups excluding carboxylic acids is 12. The maximum absolute atomic E-state index is 15.1. The van der Waals surface area contributed by atoms with Crippen LogP contribution < -0.4 is 110 Å². The van der Waals surface area contributed by atoms with Gasteiger partial charge in [0.2, 0.25) is 70.9 Å². The van der Waals surface area contributed by atoms with Gasteiger partial charge in [-0.15, -0.1) is 0 Å². The van der Waals surface area contributed by atoms with E-state index in [2.05, 4.69) is 73.5 Å². The van der Waals surface area contributed by atoms with Crippen LogP contribution in [0.2, 0.25) is 0 Å². The maximum atomic E-state index is 15.1. The zero-order chi connectivity index (χ0) is 88.1. The number of nitrogens with two attached hydrogens (primary N) is 9. The minimum Gasteiger partial charge on any atom is -0.508 e. The van der Waals surface area contributed by atoms with Gasteiger partial charge in [0.25, 0.3) is 0 Å². The summed E-state index contributed by atoms with van der Waals surface area (Å²) < 4.78 is 0. The van der Waals surface area contributed by atoms with Crippen LogP contribution >= 0.6 is 0 Å². The Hall–Kier alpha value is -11.5. The van der Waals surface area contributed by atoms with Crippen LogP contribution in [-0.2, 0) is 80.0 Å². The third kappa shape index (κ3) is 38.5. The van der Waals surface area contributed by atoms with Gasteiger partial charge in [-0.1, -0.05) is 90.4 Å². The van der Waals surface area contributed by atoms with Gasteiger partial charge in [0.1, 0.15) is 72.2 Å². The fourth-order valence-corrected chi connectivity index (χ4v) is 12.8. The number of unbranched alkanes of at least 4 members (excludes halogenated alkanes) is 2. The number of nitrogens with one attached hydrogen (secondary N) is 11. The standard InChI is InChI=1S/C77H128N24O17/c1-7-45(6)62(72(115)95-53(25-17-35-89-77(85)86)73(116)101-36-18-26-59(101)71(114)94-50(21-11-13-31-78)65(108)97-56(38-44(4)5)68(111)96-54(74(117)118)22-12-14-32-79)100-66(109)52(24-16-34-88-76(83)84)92-64(107)51(23-15-33-87-75(81)82)93-67(110)55(37-43(2)3)98-69(112)57(40-46-19-9-8-10-20-46)99-70(113)58(41-61(104)105)91-60(103)42-90-63(106)49(80)39-47-27-29-48(102)30-28-47/h8-10,19-20,27-30,43-45,49-59,62,102H,7,11-18,21-26,31-42,78-80H2,1-6H3,(H,90,106)(H,91,103)(H,92,107)(H,93,110)(H,94,114)(H,95,115)(H,96,111)(H,97,108)(H,98,112)(H,99,113)(H,100,109)(H,104,105)(H,117,118)(H4,81,82,87)(H4,83,84,88)(H4,85,86,89)/t45-,49-,50-,51-,52-,53-,54-,55-,56-,57-,58-,59-,62-/m0/s1. The summed E-state index contributed by atoms with van der Waals surface area (Å²) in [6, 6.07) is -2.72. The van der Waals surface area contributed by atoms with Crippen molar-refractivity contribution in [3.8, 4) is 5.75 Å². The molecule has 13 atom stereocenters. The van der Waals surface area contributed by atoms with E-state index in [1.165, 1.54) is 17.0 Å². The minimum absolute atomic E-state index is 0.00602. The third-order valence-corrected chi connectivity index (χ3v) is 19.3. The highest BCUT2D eigenvalue weighted by molar-refractivity contribution is 6.00. The largest absolute Gasteiger partial charge is 0.508 e. The lowest BCUT2D eigenvalue weighted by Gasteiger charge is -2.32. The summed E-state index contributed by atoms with van der Waals surface area (Å²) in [6.07, 6.45) is 1.05. The molecular formula is C77H128N24O17. The molecule has 1 heterocycles. The van der Waals surface area contributed by atoms with Crippen LogP contribution in [0.3, 0.4) is 0 Å². The van der Waals surface area contributed by atoms with Gasteiger partial charge in [-0.05, 0) is 163 Å². The molecule has 0 aromatic heterocycles. The number of aromatic hydroxyl groups is 1. The molecule has 2 aromatic rings. The monoisotopic (exact) mass is 1660 g/mol. The van der Waals surface area contributed by atoms with E-state index in [0.29, 0.717) is 49.8 Å². The van der Waals surface area contributed by atoms with Crippen molar-refractivity contribution in [3.05, 3.63) is 65.7 Å². The van der Waals surface area contributed by atoms with Crippen molar-refractivity contribution >= 4 is 101 Å². The molecule has 1 fully saturated rings. The van der Waals surface area contributed by atoms with Crippen LogP contribution in [0.4, 0.5) is 0 Å². The van der Waals surface area contributed by atoms with E-state index < -0.39 is 174 Å². The van der Waals surface area contributed by atoms with Crippen molar-refractivity contribution in [2.45, 2.75) is 242 Å². The van der Waals surface area contributed by atoms with Gasteiger partial charge in [-0.3, -0.25) is 77.3 Å². The Morgan fingerprint density at radius 2 is 0.881 bits per heavy atom. The average Bonchev–Trinajstić information content (AvgIpc) is 1.62. The Morgan fingerprint density at radius 3 is 1.36 bits per heavy atom. The number of nitrogens with zero attached hydrogens (tertiary/aromatic N) is 4. The molecule has 1 aliphatic heterocycles. The van der Waals surface area contributed by atoms with Crippen molar-refractivity contribution in [3.63, 3.8) is 0 Å². The zero-order valence-corrected chi connectivity index (χ0v) is 68.5. The van der Waals surface area contributed by atoms with Crippen molar-refractivity contribution in [2.24, 2.45) is 84.3 Å². The smallest absolute Gasteiger partial charge is 0.326 e. The summed E-state index contributed by atoms with van der Waals surface area (Å²) in [5, 5.41) is 58.3. The van der Waals surface area contributed by atoms with Crippen molar-refractivity contribution < 1.29 is 82.4 Å². The van der Waals surface area contributed by atoms with Crippen LogP contribution in [0, 0.1) is 17.8 Å². The highest BCUT2D eigenvalue weighted by Crippen LogP contribution is 2.23. The molecule has 41 heteroatoms. The van der Waals surface area contributed by atoms with Crippen LogP contribution in [0.15, 0.2) is 69.6 Å². The molecular weight excluding hydrogens is 1530 g/mol. The molecule has 118 heavy (non-hydrogen) atoms. The molecule has 2 aromatic carbocycles. The molecule has 1 aliphatic rings. The zero-order valence-electron chi connectivity index (χ0n) is 68.5. The molecule has 0 unspecified atom stereocenters. The van der Waals surface area contributed by atoms with Crippen molar-refractivity contribution in [1.82, 2.24) is 63.4 Å². The molecule has 658 valence electrons. The second-order valence-corrected chi connectivity index (χ2v) is 30.2. The summed E-state index contributed by atoms with van der Waals surface area (Å²) in [7, 11) is 0. The van der Waals surface area contributed by atoms with Gasteiger partial charge in [0.15, 0.2) is 17.9 Å². The number of carboxylic acid groups (broad SMARTS) is 2. The van der Waals surface area contributed by atoms with Gasteiger partial charge >= 0.3 is 11.9 Å². The molecule has 32 N–H and O–H groups in total. The average molecular weight is 1660 g/mol. The molecule has 0 radical (unpaired) electrons. The number of rotatable bonds is 56. The predicted molar refractivity (Wildman–Crippen MR) is 441 cm³/mol. The number of likely N-dealkylation sites (tertiary alicyclic amines) is 1. The lowest BCUT2D eigenvalue weighted by atomic mass is 9.96. The van der Waals surface area contributed by atoms with Crippen molar-refractivity contribution in [1.29, 1.82) is 0 Å². The number of carbonyl (C=O) groups is 14. The Morgan fingerprint density at radius 1 is 0.466 bits per heavy atom. The van der Waals surface area contributed by atoms with E-state index in [9.17, 15) is 68.1 Å². The van der Waals surface area contributed by atoms with Gasteiger partial charge in [0, 0.05) is 32.6 Å². The van der Waals surface area contributed by atoms with E-state index in [1.54, 1.807) is 70.2 Å². The topological polar surface area (TPSA) is 706 Å². The quantitative estimate of drug-likeness (QED) is 0.0169. The number of phenolic OH excluding ortho intramolecular Hbond substituents is 1. The van der Waals surface area contributed by atoms with E-state index in [4.69, 9.17) is 51.6 Å². The van der Waals surface area contributed by atoms with Crippen LogP contribution in [-0.4, -0.2) is 239 Å². The first-order valence-corrected chi connectivity index (χ1v) is 40.1. The fourth-order valence-electron chi connectivity index (χ4n) is 12.8. The lowest BCUT2D eigenvalue weighted by Crippen LogP contribution is -2.61. The van der Waals surface area contributed by atoms with Crippen LogP contribution in [0.5, 0.6) is 5.75 Å². The molecule has 41 nitrogen and oxygen atoms in total. The number of hydrogen-bond donors (Lipinski definition) is 23. The van der Waals surface area contributed by atoms with Gasteiger partial charge < -0.3 is 130 Å². The Labute approximate surface area is 687 Å². The summed E-state index contributed by atoms with van der Waals surface area (Å²) in [5.41, 5.74) is 52.5. The molecule has 0 bridgehead atoms. The highest BCUT2D eigenvalue weighted by atomic mass is 16.4. The summed E-state index contributed by atoms with van der Waals surface area (Å²) in [6.45, 7) is 10.2. The van der Waals surface area contributed by atoms with Crippen LogP contribution in [0.25, 0.3) is 0 Å². The Balaban J connectivity index is 2.02. The number of amides is 12. The van der Waals surface area contributed by atoms with Crippen molar-refractivity contribution in [2.75, 3.05) is 45.8 Å². The predicted octanol–water partition coefficient (Wildman–Crippen LogP) is -4.42. The second kappa shape index (κ2) is 53.7. The summed E-state index contributed by atoms with van der Waals surface area (Å²) in [4.78, 5) is 210. The fraction of sp³-hybridized carbons (Fsp3) is 0.623. The molecule has 1 saturated heterocycles. The minimum atomic E-state index is -1.83. The molecule has 12 amide bonds. The first kappa shape index (κ1) is 101. The van der Waals surface area contributed by atoms with E-state index in [-0.39, 0.29) is 158 Å². The van der Waals surface area contributed by atoms with Gasteiger partial charge in [-0.25, -0.2) is 4.79 Å². The Kier molecular flexibility index (Phi) is 45.8. The normalized spacial score (nSPS) is 15.4. The Bertz CT molecular complexity index is 3690. The number of carboxylic acids is 2. The number of hydrogen-bond acceptors (Lipinski definition) is 21. The summed E-state index contributed by atoms with van der Waals surface area (Å²) in [5.74, 6) is -15.3. The first-order valence-electron chi connectivity index (χ1n) is 40.1. The lowest BCUT2D eigenvalue weighted by molar-refractivity contribution is -0.143. The molecule has 0 saturated carbocycles. The number of aliphatic imine (C=N–C) groups is 3. The molecule has 3 rings (SSSR count). The third-order valence-electron chi connectivity index (χ3n) is 19.3. The van der Waals surface area contributed by atoms with Gasteiger partial charge in [0.05, 0.1) is 19.0 Å². The maximum Gasteiger partial charge on any atom is 0.326 e. The summed E-state index contributed by atoms with van der Waals surface area (Å²) >= 11 is 0. The van der Waals surface area contributed by atoms with Gasteiger partial charge in [-0.2, -0.15) is 0 Å². The number of aliphatic carboxylic acids is 2. The SMILES string of the molecule is CC[C@H](C)[C@H](NC(=O)[C@H](CCCN=C(N)N)NC(=O)[C@H](CCCN=C(N)N)NC(=O)[C@H](CC(C)C)NC(=O)[C@H](Cc1ccccc1)NC(=O)[C@H](CC(=O)O)NC(=O)CNC(=O)[C@@H](N)Cc1ccc(O)cc1)C(=O)N[C@@H](CCCN=C(N)N)C(=O)N1CCC[C@H]1C(=O)N[C@@H](CCCCN)C(=O)N[C@@H](CC(C)C)C(=O)N[C@@H](CCCCN)C(=O)O. The second-order valence-electron chi connectivity index (χ2n) is 30.2. The van der Waals surface area contributed by atoms with E-state index in [0.717, 1.165) is 0 Å². The molecule has 0 spiro atoms. The number of benzene rings is 2. The first-order chi connectivity index (χ1) is 55.9. The highest BCUT2D eigenvalue weighted by Gasteiger charge is 2.42. The van der Waals surface area contributed by atoms with Crippen LogP contribution in [0.1, 0.15) is 168 Å². The number of guanidine groups is 3.